The molecule has 2 heterocycles. The van der Waals surface area contributed by atoms with Crippen molar-refractivity contribution in [2.75, 3.05) is 31.1 Å². The first kappa shape index (κ1) is 14.2. The minimum Gasteiger partial charge on any atom is -0.353 e. The first-order valence-corrected chi connectivity index (χ1v) is 4.38. The van der Waals surface area contributed by atoms with E-state index in [1.165, 1.54) is 6.07 Å². The molecule has 0 atom stereocenters. The summed E-state index contributed by atoms with van der Waals surface area (Å²) in [4.78, 5) is 12.9. The van der Waals surface area contributed by atoms with E-state index >= 15 is 0 Å². The smallest absolute Gasteiger partial charge is 0.264 e. The molecule has 0 radical (unpaired) electrons. The Balaban J connectivity index is 0.000000980. The standard InChI is InChI=1S/C8H12N4O.2ClH/c13-8-2-1-7(10-11-8)12-5-3-9-4-6-12;;/h1-2,9H,3-6H2,(H,11,13);2*1H. The summed E-state index contributed by atoms with van der Waals surface area (Å²) in [6.45, 7) is 3.83. The number of rotatable bonds is 1. The molecule has 1 aliphatic rings. The summed E-state index contributed by atoms with van der Waals surface area (Å²) in [6, 6.07) is 3.26. The molecule has 1 aliphatic heterocycles. The van der Waals surface area contributed by atoms with Crippen LogP contribution in [0.5, 0.6) is 0 Å². The number of hydrogen-bond acceptors (Lipinski definition) is 4. The molecule has 0 spiro atoms. The van der Waals surface area contributed by atoms with Crippen LogP contribution in [-0.2, 0) is 0 Å². The summed E-state index contributed by atoms with van der Waals surface area (Å²) < 4.78 is 0. The topological polar surface area (TPSA) is 61.0 Å². The summed E-state index contributed by atoms with van der Waals surface area (Å²) in [5.74, 6) is 0.848. The maximum absolute atomic E-state index is 10.8. The second-order valence-corrected chi connectivity index (χ2v) is 3.02. The van der Waals surface area contributed by atoms with E-state index in [2.05, 4.69) is 20.4 Å². The summed E-state index contributed by atoms with van der Waals surface area (Å²) in [7, 11) is 0. The van der Waals surface area contributed by atoms with Gasteiger partial charge in [0.15, 0.2) is 0 Å². The molecule has 1 aromatic heterocycles. The van der Waals surface area contributed by atoms with Gasteiger partial charge in [-0.2, -0.15) is 5.10 Å². The quantitative estimate of drug-likeness (QED) is 0.741. The van der Waals surface area contributed by atoms with Gasteiger partial charge in [0.05, 0.1) is 0 Å². The lowest BCUT2D eigenvalue weighted by atomic mass is 10.3. The molecule has 5 nitrogen and oxygen atoms in total. The third-order valence-corrected chi connectivity index (χ3v) is 2.11. The van der Waals surface area contributed by atoms with Crippen LogP contribution in [0.4, 0.5) is 5.82 Å². The molecule has 1 aromatic rings. The Morgan fingerprint density at radius 3 is 2.40 bits per heavy atom. The van der Waals surface area contributed by atoms with Gasteiger partial charge in [0.1, 0.15) is 5.82 Å². The third kappa shape index (κ3) is 3.70. The Morgan fingerprint density at radius 2 is 1.87 bits per heavy atom. The molecule has 86 valence electrons. The van der Waals surface area contributed by atoms with Crippen molar-refractivity contribution < 1.29 is 0 Å². The second-order valence-electron chi connectivity index (χ2n) is 3.02. The van der Waals surface area contributed by atoms with Gasteiger partial charge in [0.2, 0.25) is 0 Å². The highest BCUT2D eigenvalue weighted by Crippen LogP contribution is 2.06. The lowest BCUT2D eigenvalue weighted by Gasteiger charge is -2.27. The highest BCUT2D eigenvalue weighted by atomic mass is 35.5. The highest BCUT2D eigenvalue weighted by Gasteiger charge is 2.10. The van der Waals surface area contributed by atoms with Crippen molar-refractivity contribution in [1.82, 2.24) is 15.5 Å². The van der Waals surface area contributed by atoms with E-state index in [1.54, 1.807) is 6.07 Å². The highest BCUT2D eigenvalue weighted by molar-refractivity contribution is 5.85. The molecule has 0 aliphatic carbocycles. The van der Waals surface area contributed by atoms with E-state index in [4.69, 9.17) is 0 Å². The number of piperazine rings is 1. The molecule has 0 unspecified atom stereocenters. The molecule has 15 heavy (non-hydrogen) atoms. The van der Waals surface area contributed by atoms with Crippen LogP contribution in [0, 0.1) is 0 Å². The molecule has 1 saturated heterocycles. The van der Waals surface area contributed by atoms with Crippen molar-refractivity contribution in [3.63, 3.8) is 0 Å². The number of halogens is 2. The SMILES string of the molecule is Cl.Cl.O=c1ccc(N2CCNCC2)n[nH]1. The Hall–Kier alpha value is -0.780. The fraction of sp³-hybridized carbons (Fsp3) is 0.500. The van der Waals surface area contributed by atoms with Crippen molar-refractivity contribution in [2.24, 2.45) is 0 Å². The largest absolute Gasteiger partial charge is 0.353 e. The summed E-state index contributed by atoms with van der Waals surface area (Å²) >= 11 is 0. The summed E-state index contributed by atoms with van der Waals surface area (Å²) in [6.07, 6.45) is 0. The van der Waals surface area contributed by atoms with Gasteiger partial charge in [-0.05, 0) is 6.07 Å². The Labute approximate surface area is 100 Å². The van der Waals surface area contributed by atoms with Crippen LogP contribution >= 0.6 is 24.8 Å². The van der Waals surface area contributed by atoms with Crippen LogP contribution < -0.4 is 15.8 Å². The number of hydrogen-bond donors (Lipinski definition) is 2. The maximum atomic E-state index is 10.8. The van der Waals surface area contributed by atoms with E-state index in [0.29, 0.717) is 0 Å². The molecule has 1 fully saturated rings. The van der Waals surface area contributed by atoms with Gasteiger partial charge < -0.3 is 10.2 Å². The zero-order valence-corrected chi connectivity index (χ0v) is 9.74. The van der Waals surface area contributed by atoms with Crippen molar-refractivity contribution in [1.29, 1.82) is 0 Å². The van der Waals surface area contributed by atoms with Gasteiger partial charge >= 0.3 is 0 Å². The second kappa shape index (κ2) is 6.66. The van der Waals surface area contributed by atoms with Crippen LogP contribution in [0.2, 0.25) is 0 Å². The van der Waals surface area contributed by atoms with Crippen LogP contribution in [-0.4, -0.2) is 36.4 Å². The lowest BCUT2D eigenvalue weighted by Crippen LogP contribution is -2.44. The van der Waals surface area contributed by atoms with Crippen LogP contribution in [0.15, 0.2) is 16.9 Å². The number of aromatic amines is 1. The van der Waals surface area contributed by atoms with Crippen LogP contribution in [0.1, 0.15) is 0 Å². The minimum atomic E-state index is -0.154. The van der Waals surface area contributed by atoms with Gasteiger partial charge in [-0.25, -0.2) is 5.10 Å². The van der Waals surface area contributed by atoms with Gasteiger partial charge in [-0.1, -0.05) is 0 Å². The van der Waals surface area contributed by atoms with Gasteiger partial charge in [0, 0.05) is 32.2 Å². The zero-order valence-electron chi connectivity index (χ0n) is 8.10. The number of anilines is 1. The Kier molecular flexibility index (Phi) is 6.31. The fourth-order valence-electron chi connectivity index (χ4n) is 1.41. The normalized spacial score (nSPS) is 15.1. The maximum Gasteiger partial charge on any atom is 0.264 e. The molecular formula is C8H14Cl2N4O. The fourth-order valence-corrected chi connectivity index (χ4v) is 1.41. The molecule has 2 N–H and O–H groups in total. The molecule has 0 bridgehead atoms. The van der Waals surface area contributed by atoms with Crippen molar-refractivity contribution in [3.8, 4) is 0 Å². The van der Waals surface area contributed by atoms with Crippen LogP contribution in [0.25, 0.3) is 0 Å². The lowest BCUT2D eigenvalue weighted by molar-refractivity contribution is 0.582. The Morgan fingerprint density at radius 1 is 1.20 bits per heavy atom. The minimum absolute atomic E-state index is 0. The van der Waals surface area contributed by atoms with Gasteiger partial charge in [-0.15, -0.1) is 24.8 Å². The third-order valence-electron chi connectivity index (χ3n) is 2.11. The van der Waals surface area contributed by atoms with E-state index in [1.807, 2.05) is 0 Å². The zero-order chi connectivity index (χ0) is 9.10. The summed E-state index contributed by atoms with van der Waals surface area (Å²) in [5, 5.41) is 9.65. The van der Waals surface area contributed by atoms with E-state index in [0.717, 1.165) is 32.0 Å². The molecule has 0 aromatic carbocycles. The first-order valence-electron chi connectivity index (χ1n) is 4.38. The van der Waals surface area contributed by atoms with Gasteiger partial charge in [-0.3, -0.25) is 4.79 Å². The molecule has 2 rings (SSSR count). The van der Waals surface area contributed by atoms with Crippen molar-refractivity contribution >= 4 is 30.6 Å². The first-order chi connectivity index (χ1) is 6.36. The molecule has 0 saturated carbocycles. The average molecular weight is 253 g/mol. The monoisotopic (exact) mass is 252 g/mol. The average Bonchev–Trinajstić information content (AvgIpc) is 2.20. The number of aromatic nitrogens is 2. The Bertz CT molecular complexity index is 317. The van der Waals surface area contributed by atoms with Gasteiger partial charge in [0.25, 0.3) is 5.56 Å². The predicted molar refractivity (Wildman–Crippen MR) is 64.4 cm³/mol. The van der Waals surface area contributed by atoms with E-state index in [9.17, 15) is 4.79 Å². The molecule has 0 amide bonds. The molecule has 7 heteroatoms. The van der Waals surface area contributed by atoms with E-state index in [-0.39, 0.29) is 30.4 Å². The van der Waals surface area contributed by atoms with Crippen molar-refractivity contribution in [2.45, 2.75) is 0 Å². The van der Waals surface area contributed by atoms with E-state index < -0.39 is 0 Å². The van der Waals surface area contributed by atoms with Crippen LogP contribution in [0.3, 0.4) is 0 Å². The summed E-state index contributed by atoms with van der Waals surface area (Å²) in [5.41, 5.74) is -0.154. The molecular weight excluding hydrogens is 239 g/mol. The van der Waals surface area contributed by atoms with Crippen molar-refractivity contribution in [3.05, 3.63) is 22.5 Å². The number of nitrogens with one attached hydrogen (secondary N) is 2. The number of nitrogens with zero attached hydrogens (tertiary/aromatic N) is 2. The number of H-pyrrole nitrogens is 1. The predicted octanol–water partition coefficient (Wildman–Crippen LogP) is 0.0231.